The molecule has 3 rings (SSSR count). The second-order valence-electron chi connectivity index (χ2n) is 7.25. The van der Waals surface area contributed by atoms with Gasteiger partial charge in [0.05, 0.1) is 6.10 Å². The Morgan fingerprint density at radius 2 is 2.15 bits per heavy atom. The van der Waals surface area contributed by atoms with Gasteiger partial charge >= 0.3 is 0 Å². The summed E-state index contributed by atoms with van der Waals surface area (Å²) in [5, 5.41) is 3.83. The van der Waals surface area contributed by atoms with Gasteiger partial charge in [0.1, 0.15) is 11.5 Å². The molecule has 0 saturated heterocycles. The Morgan fingerprint density at radius 3 is 2.85 bits per heavy atom. The van der Waals surface area contributed by atoms with E-state index in [1.165, 1.54) is 17.7 Å². The van der Waals surface area contributed by atoms with Gasteiger partial charge in [0, 0.05) is 30.7 Å². The molecule has 0 aromatic carbocycles. The van der Waals surface area contributed by atoms with Gasteiger partial charge in [-0.3, -0.25) is 0 Å². The zero-order chi connectivity index (χ0) is 14.3. The van der Waals surface area contributed by atoms with Gasteiger partial charge in [-0.05, 0) is 44.6 Å². The molecule has 0 bridgehead atoms. The summed E-state index contributed by atoms with van der Waals surface area (Å²) in [6, 6.07) is 3.27. The van der Waals surface area contributed by atoms with Gasteiger partial charge in [0.2, 0.25) is 0 Å². The number of ether oxygens (including phenoxy) is 1. The van der Waals surface area contributed by atoms with E-state index in [9.17, 15) is 0 Å². The molecule has 1 heterocycles. The number of rotatable bonds is 4. The van der Waals surface area contributed by atoms with Crippen LogP contribution in [-0.4, -0.2) is 18.8 Å². The molecule has 1 atom stereocenters. The fourth-order valence-corrected chi connectivity index (χ4v) is 3.69. The van der Waals surface area contributed by atoms with E-state index in [0.29, 0.717) is 23.6 Å². The molecule has 1 unspecified atom stereocenters. The quantitative estimate of drug-likeness (QED) is 0.910. The topological polar surface area (TPSA) is 34.4 Å². The number of hydrogen-bond acceptors (Lipinski definition) is 3. The van der Waals surface area contributed by atoms with Gasteiger partial charge in [-0.2, -0.15) is 0 Å². The maximum absolute atomic E-state index is 5.90. The SMILES string of the molecule is CCOC1CC(NC2CC(C)(C)Cc3oc(C)cc32)C1. The first kappa shape index (κ1) is 14.2. The number of nitrogens with one attached hydrogen (secondary N) is 1. The predicted molar refractivity (Wildman–Crippen MR) is 79.9 cm³/mol. The highest BCUT2D eigenvalue weighted by Gasteiger charge is 2.38. The van der Waals surface area contributed by atoms with Crippen molar-refractivity contribution in [2.75, 3.05) is 6.61 Å². The van der Waals surface area contributed by atoms with Crippen molar-refractivity contribution in [3.05, 3.63) is 23.2 Å². The second kappa shape index (κ2) is 5.19. The van der Waals surface area contributed by atoms with E-state index in [-0.39, 0.29) is 0 Å². The molecular formula is C17H27NO2. The molecule has 1 N–H and O–H groups in total. The minimum absolute atomic E-state index is 0.317. The minimum Gasteiger partial charge on any atom is -0.466 e. The van der Waals surface area contributed by atoms with E-state index in [1.807, 2.05) is 0 Å². The zero-order valence-electron chi connectivity index (χ0n) is 13.2. The van der Waals surface area contributed by atoms with Gasteiger partial charge in [-0.25, -0.2) is 0 Å². The lowest BCUT2D eigenvalue weighted by atomic mass is 9.74. The third-order valence-corrected chi connectivity index (χ3v) is 4.67. The third kappa shape index (κ3) is 2.79. The van der Waals surface area contributed by atoms with Crippen molar-refractivity contribution in [2.45, 2.75) is 71.6 Å². The number of furan rings is 1. The lowest BCUT2D eigenvalue weighted by Crippen LogP contribution is -2.48. The van der Waals surface area contributed by atoms with Crippen molar-refractivity contribution in [1.82, 2.24) is 5.32 Å². The maximum Gasteiger partial charge on any atom is 0.109 e. The van der Waals surface area contributed by atoms with Crippen molar-refractivity contribution in [2.24, 2.45) is 5.41 Å². The first-order chi connectivity index (χ1) is 9.47. The molecule has 0 spiro atoms. The first-order valence-corrected chi connectivity index (χ1v) is 7.94. The van der Waals surface area contributed by atoms with E-state index in [1.54, 1.807) is 0 Å². The van der Waals surface area contributed by atoms with Crippen LogP contribution in [0.2, 0.25) is 0 Å². The van der Waals surface area contributed by atoms with E-state index >= 15 is 0 Å². The van der Waals surface area contributed by atoms with Crippen LogP contribution in [0.3, 0.4) is 0 Å². The first-order valence-electron chi connectivity index (χ1n) is 7.94. The molecule has 20 heavy (non-hydrogen) atoms. The summed E-state index contributed by atoms with van der Waals surface area (Å²) in [4.78, 5) is 0. The molecule has 1 fully saturated rings. The molecule has 1 aromatic rings. The third-order valence-electron chi connectivity index (χ3n) is 4.67. The summed E-state index contributed by atoms with van der Waals surface area (Å²) < 4.78 is 11.6. The predicted octanol–water partition coefficient (Wildman–Crippen LogP) is 3.76. The van der Waals surface area contributed by atoms with Gasteiger partial charge in [0.15, 0.2) is 0 Å². The number of hydrogen-bond donors (Lipinski definition) is 1. The molecule has 3 heteroatoms. The Morgan fingerprint density at radius 1 is 1.40 bits per heavy atom. The van der Waals surface area contributed by atoms with Crippen LogP contribution in [0, 0.1) is 12.3 Å². The Kier molecular flexibility index (Phi) is 3.67. The molecule has 0 radical (unpaired) electrons. The second-order valence-corrected chi connectivity index (χ2v) is 7.25. The normalized spacial score (nSPS) is 31.7. The lowest BCUT2D eigenvalue weighted by Gasteiger charge is -2.41. The molecule has 2 aliphatic rings. The van der Waals surface area contributed by atoms with E-state index in [2.05, 4.69) is 39.1 Å². The molecular weight excluding hydrogens is 250 g/mol. The summed E-state index contributed by atoms with van der Waals surface area (Å²) in [5.74, 6) is 2.23. The molecule has 112 valence electrons. The van der Waals surface area contributed by atoms with Crippen LogP contribution in [0.1, 0.15) is 63.2 Å². The summed E-state index contributed by atoms with van der Waals surface area (Å²) in [5.41, 5.74) is 1.71. The average molecular weight is 277 g/mol. The van der Waals surface area contributed by atoms with Crippen LogP contribution in [0.25, 0.3) is 0 Å². The van der Waals surface area contributed by atoms with Crippen molar-refractivity contribution in [1.29, 1.82) is 0 Å². The smallest absolute Gasteiger partial charge is 0.109 e. The lowest BCUT2D eigenvalue weighted by molar-refractivity contribution is -0.0142. The van der Waals surface area contributed by atoms with Crippen LogP contribution in [-0.2, 0) is 11.2 Å². The van der Waals surface area contributed by atoms with Crippen molar-refractivity contribution in [3.63, 3.8) is 0 Å². The van der Waals surface area contributed by atoms with Gasteiger partial charge in [-0.15, -0.1) is 0 Å². The number of fused-ring (bicyclic) bond motifs is 1. The van der Waals surface area contributed by atoms with Crippen LogP contribution >= 0.6 is 0 Å². The largest absolute Gasteiger partial charge is 0.466 e. The summed E-state index contributed by atoms with van der Waals surface area (Å²) >= 11 is 0. The fourth-order valence-electron chi connectivity index (χ4n) is 3.69. The minimum atomic E-state index is 0.317. The summed E-state index contributed by atoms with van der Waals surface area (Å²) in [6.45, 7) is 9.64. The van der Waals surface area contributed by atoms with E-state index < -0.39 is 0 Å². The van der Waals surface area contributed by atoms with Crippen molar-refractivity contribution >= 4 is 0 Å². The molecule has 0 aliphatic heterocycles. The van der Waals surface area contributed by atoms with Crippen LogP contribution in [0.4, 0.5) is 0 Å². The summed E-state index contributed by atoms with van der Waals surface area (Å²) in [7, 11) is 0. The van der Waals surface area contributed by atoms with Gasteiger partial charge in [-0.1, -0.05) is 13.8 Å². The Balaban J connectivity index is 1.67. The Bertz CT molecular complexity index is 471. The van der Waals surface area contributed by atoms with Crippen LogP contribution in [0.15, 0.2) is 10.5 Å². The van der Waals surface area contributed by atoms with Crippen LogP contribution < -0.4 is 5.32 Å². The van der Waals surface area contributed by atoms with Crippen molar-refractivity contribution in [3.8, 4) is 0 Å². The van der Waals surface area contributed by atoms with E-state index in [4.69, 9.17) is 9.15 Å². The average Bonchev–Trinajstić information content (AvgIpc) is 2.65. The van der Waals surface area contributed by atoms with Gasteiger partial charge < -0.3 is 14.5 Å². The summed E-state index contributed by atoms with van der Waals surface area (Å²) in [6.07, 6.45) is 5.02. The van der Waals surface area contributed by atoms with Crippen molar-refractivity contribution < 1.29 is 9.15 Å². The molecule has 2 aliphatic carbocycles. The van der Waals surface area contributed by atoms with E-state index in [0.717, 1.165) is 31.6 Å². The monoisotopic (exact) mass is 277 g/mol. The highest BCUT2D eigenvalue weighted by Crippen LogP contribution is 2.43. The Hall–Kier alpha value is -0.800. The molecule has 3 nitrogen and oxygen atoms in total. The van der Waals surface area contributed by atoms with Crippen LogP contribution in [0.5, 0.6) is 0 Å². The molecule has 1 aromatic heterocycles. The fraction of sp³-hybridized carbons (Fsp3) is 0.765. The standard InChI is InChI=1S/C17H27NO2/c1-5-19-13-7-12(8-13)18-15-9-17(3,4)10-16-14(15)6-11(2)20-16/h6,12-13,15,18H,5,7-10H2,1-4H3. The van der Waals surface area contributed by atoms with Gasteiger partial charge in [0.25, 0.3) is 0 Å². The maximum atomic E-state index is 5.90. The molecule has 0 amide bonds. The Labute approximate surface area is 122 Å². The highest BCUT2D eigenvalue weighted by atomic mass is 16.5. The highest BCUT2D eigenvalue weighted by molar-refractivity contribution is 5.29. The zero-order valence-corrected chi connectivity index (χ0v) is 13.2. The number of aryl methyl sites for hydroxylation is 1. The molecule has 1 saturated carbocycles.